The van der Waals surface area contributed by atoms with Crippen molar-refractivity contribution < 1.29 is 0 Å². The Hall–Kier alpha value is -1.73. The van der Waals surface area contributed by atoms with Crippen LogP contribution in [0.5, 0.6) is 0 Å². The van der Waals surface area contributed by atoms with Crippen molar-refractivity contribution in [3.8, 4) is 12.3 Å². The summed E-state index contributed by atoms with van der Waals surface area (Å²) >= 11 is 12.1. The van der Waals surface area contributed by atoms with E-state index in [1.165, 1.54) is 0 Å². The fourth-order valence-electron chi connectivity index (χ4n) is 2.74. The van der Waals surface area contributed by atoms with Gasteiger partial charge >= 0.3 is 0 Å². The van der Waals surface area contributed by atoms with Crippen molar-refractivity contribution in [2.45, 2.75) is 19.0 Å². The molecule has 1 N–H and O–H groups in total. The Kier molecular flexibility index (Phi) is 5.07. The number of nitrogens with zero attached hydrogens (tertiary/aromatic N) is 2. The summed E-state index contributed by atoms with van der Waals surface area (Å²) in [6.07, 6.45) is 8.28. The van der Waals surface area contributed by atoms with Gasteiger partial charge in [-0.1, -0.05) is 35.2 Å². The zero-order chi connectivity index (χ0) is 16.2. The standard InChI is InChI=1S/C18H17Cl2N3/c1-2-13-5-7-21-18(9-13)23-8-6-16(12-23)22-11-14-3-4-15(19)10-17(14)20/h1,3-5,7,9-10,16,22H,6,8,11-12H2. The Morgan fingerprint density at radius 1 is 1.30 bits per heavy atom. The second kappa shape index (κ2) is 7.23. The van der Waals surface area contributed by atoms with Gasteiger partial charge in [-0.15, -0.1) is 6.42 Å². The van der Waals surface area contributed by atoms with Gasteiger partial charge in [-0.05, 0) is 36.2 Å². The second-order valence-electron chi connectivity index (χ2n) is 5.60. The molecule has 5 heteroatoms. The number of pyridine rings is 1. The molecule has 23 heavy (non-hydrogen) atoms. The first-order valence-electron chi connectivity index (χ1n) is 7.50. The molecule has 0 amide bonds. The van der Waals surface area contributed by atoms with E-state index in [9.17, 15) is 0 Å². The molecule has 1 saturated heterocycles. The van der Waals surface area contributed by atoms with Crippen LogP contribution < -0.4 is 10.2 Å². The van der Waals surface area contributed by atoms with E-state index in [-0.39, 0.29) is 0 Å². The summed E-state index contributed by atoms with van der Waals surface area (Å²) in [4.78, 5) is 6.66. The number of terminal acetylenes is 1. The molecule has 1 fully saturated rings. The van der Waals surface area contributed by atoms with Crippen LogP contribution in [0.2, 0.25) is 10.0 Å². The van der Waals surface area contributed by atoms with Gasteiger partial charge in [-0.25, -0.2) is 4.98 Å². The van der Waals surface area contributed by atoms with Gasteiger partial charge < -0.3 is 10.2 Å². The van der Waals surface area contributed by atoms with Gasteiger partial charge in [-0.3, -0.25) is 0 Å². The van der Waals surface area contributed by atoms with E-state index in [2.05, 4.69) is 21.1 Å². The molecular weight excluding hydrogens is 329 g/mol. The molecule has 118 valence electrons. The maximum atomic E-state index is 6.21. The highest BCUT2D eigenvalue weighted by Gasteiger charge is 2.23. The zero-order valence-electron chi connectivity index (χ0n) is 12.6. The Bertz CT molecular complexity index is 739. The highest BCUT2D eigenvalue weighted by molar-refractivity contribution is 6.35. The van der Waals surface area contributed by atoms with Crippen LogP contribution in [0.1, 0.15) is 17.5 Å². The quantitative estimate of drug-likeness (QED) is 0.855. The number of hydrogen-bond donors (Lipinski definition) is 1. The van der Waals surface area contributed by atoms with Crippen molar-refractivity contribution in [3.05, 3.63) is 57.7 Å². The fourth-order valence-corrected chi connectivity index (χ4v) is 3.21. The molecule has 1 aromatic carbocycles. The normalized spacial score (nSPS) is 17.3. The van der Waals surface area contributed by atoms with Gasteiger partial charge in [-0.2, -0.15) is 0 Å². The predicted octanol–water partition coefficient (Wildman–Crippen LogP) is 3.74. The average Bonchev–Trinajstić information content (AvgIpc) is 3.03. The van der Waals surface area contributed by atoms with Crippen molar-refractivity contribution >= 4 is 29.0 Å². The van der Waals surface area contributed by atoms with Crippen LogP contribution in [0.3, 0.4) is 0 Å². The number of rotatable bonds is 4. The van der Waals surface area contributed by atoms with E-state index in [0.29, 0.717) is 16.1 Å². The fraction of sp³-hybridized carbons (Fsp3) is 0.278. The van der Waals surface area contributed by atoms with Gasteiger partial charge in [0, 0.05) is 47.5 Å². The van der Waals surface area contributed by atoms with Crippen LogP contribution in [-0.2, 0) is 6.54 Å². The van der Waals surface area contributed by atoms with Gasteiger partial charge in [0.15, 0.2) is 0 Å². The molecule has 0 spiro atoms. The Labute approximate surface area is 146 Å². The number of halogens is 2. The maximum Gasteiger partial charge on any atom is 0.129 e. The molecule has 1 aromatic heterocycles. The van der Waals surface area contributed by atoms with E-state index in [1.54, 1.807) is 12.3 Å². The molecule has 0 bridgehead atoms. The smallest absolute Gasteiger partial charge is 0.129 e. The van der Waals surface area contributed by atoms with Crippen LogP contribution >= 0.6 is 23.2 Å². The second-order valence-corrected chi connectivity index (χ2v) is 6.44. The first-order valence-corrected chi connectivity index (χ1v) is 8.26. The molecular formula is C18H17Cl2N3. The summed E-state index contributed by atoms with van der Waals surface area (Å²) in [5.41, 5.74) is 1.92. The van der Waals surface area contributed by atoms with Crippen LogP contribution in [-0.4, -0.2) is 24.1 Å². The molecule has 1 unspecified atom stereocenters. The largest absolute Gasteiger partial charge is 0.355 e. The molecule has 2 aromatic rings. The topological polar surface area (TPSA) is 28.2 Å². The first kappa shape index (κ1) is 16.1. The van der Waals surface area contributed by atoms with Crippen LogP contribution in [0.4, 0.5) is 5.82 Å². The number of hydrogen-bond acceptors (Lipinski definition) is 3. The van der Waals surface area contributed by atoms with Crippen molar-refractivity contribution in [2.75, 3.05) is 18.0 Å². The summed E-state index contributed by atoms with van der Waals surface area (Å²) in [6.45, 7) is 2.60. The van der Waals surface area contributed by atoms with E-state index in [1.807, 2.05) is 24.3 Å². The Balaban J connectivity index is 1.58. The van der Waals surface area contributed by atoms with Gasteiger partial charge in [0.1, 0.15) is 5.82 Å². The Morgan fingerprint density at radius 2 is 2.17 bits per heavy atom. The SMILES string of the molecule is C#Cc1ccnc(N2CCC(NCc3ccc(Cl)cc3Cl)C2)c1. The minimum atomic E-state index is 0.401. The molecule has 1 aliphatic rings. The van der Waals surface area contributed by atoms with Gasteiger partial charge in [0.2, 0.25) is 0 Å². The molecule has 2 heterocycles. The van der Waals surface area contributed by atoms with Gasteiger partial charge in [0.05, 0.1) is 0 Å². The van der Waals surface area contributed by atoms with Crippen LogP contribution in [0.25, 0.3) is 0 Å². The highest BCUT2D eigenvalue weighted by atomic mass is 35.5. The summed E-state index contributed by atoms with van der Waals surface area (Å²) in [5, 5.41) is 4.90. The third-order valence-electron chi connectivity index (χ3n) is 4.02. The summed E-state index contributed by atoms with van der Waals surface area (Å²) < 4.78 is 0. The molecule has 0 saturated carbocycles. The van der Waals surface area contributed by atoms with Crippen molar-refractivity contribution in [3.63, 3.8) is 0 Å². The van der Waals surface area contributed by atoms with Crippen molar-refractivity contribution in [1.82, 2.24) is 10.3 Å². The summed E-state index contributed by atoms with van der Waals surface area (Å²) in [5.74, 6) is 3.59. The van der Waals surface area contributed by atoms with E-state index >= 15 is 0 Å². The van der Waals surface area contributed by atoms with E-state index < -0.39 is 0 Å². The Morgan fingerprint density at radius 3 is 2.96 bits per heavy atom. The van der Waals surface area contributed by atoms with Crippen molar-refractivity contribution in [1.29, 1.82) is 0 Å². The third-order valence-corrected chi connectivity index (χ3v) is 4.61. The monoisotopic (exact) mass is 345 g/mol. The molecule has 3 nitrogen and oxygen atoms in total. The zero-order valence-corrected chi connectivity index (χ0v) is 14.1. The number of benzene rings is 1. The lowest BCUT2D eigenvalue weighted by atomic mass is 10.2. The predicted molar refractivity (Wildman–Crippen MR) is 96.1 cm³/mol. The minimum absolute atomic E-state index is 0.401. The molecule has 1 aliphatic heterocycles. The van der Waals surface area contributed by atoms with E-state index in [4.69, 9.17) is 29.6 Å². The molecule has 0 aliphatic carbocycles. The number of aromatic nitrogens is 1. The summed E-state index contributed by atoms with van der Waals surface area (Å²) in [6, 6.07) is 9.80. The van der Waals surface area contributed by atoms with Crippen molar-refractivity contribution in [2.24, 2.45) is 0 Å². The number of nitrogens with one attached hydrogen (secondary N) is 1. The van der Waals surface area contributed by atoms with Crippen LogP contribution in [0.15, 0.2) is 36.5 Å². The first-order chi connectivity index (χ1) is 11.2. The lowest BCUT2D eigenvalue weighted by Crippen LogP contribution is -2.32. The lowest BCUT2D eigenvalue weighted by molar-refractivity contribution is 0.551. The average molecular weight is 346 g/mol. The number of anilines is 1. The molecule has 3 rings (SSSR count). The van der Waals surface area contributed by atoms with Crippen LogP contribution in [0, 0.1) is 12.3 Å². The van der Waals surface area contributed by atoms with E-state index in [0.717, 1.165) is 43.0 Å². The highest BCUT2D eigenvalue weighted by Crippen LogP contribution is 2.22. The maximum absolute atomic E-state index is 6.21. The molecule has 0 radical (unpaired) electrons. The minimum Gasteiger partial charge on any atom is -0.355 e. The summed E-state index contributed by atoms with van der Waals surface area (Å²) in [7, 11) is 0. The molecule has 1 atom stereocenters. The lowest BCUT2D eigenvalue weighted by Gasteiger charge is -2.18. The van der Waals surface area contributed by atoms with Gasteiger partial charge in [0.25, 0.3) is 0 Å². The third kappa shape index (κ3) is 3.97.